The molecule has 0 aromatic heterocycles. The van der Waals surface area contributed by atoms with Crippen LogP contribution in [0.5, 0.6) is 0 Å². The summed E-state index contributed by atoms with van der Waals surface area (Å²) in [4.78, 5) is 4.15. The number of nitrogens with zero attached hydrogens (tertiary/aromatic N) is 2. The van der Waals surface area contributed by atoms with E-state index in [1.807, 2.05) is 150 Å². The van der Waals surface area contributed by atoms with E-state index in [-0.39, 0.29) is 6.42 Å². The normalized spacial score (nSPS) is 16.2. The maximum atomic E-state index is 17.2. The van der Waals surface area contributed by atoms with Gasteiger partial charge in [0.25, 0.3) is 0 Å². The highest BCUT2D eigenvalue weighted by Gasteiger charge is 2.54. The molecule has 4 atom stereocenters. The zero-order valence-electron chi connectivity index (χ0n) is 55.7. The Labute approximate surface area is 598 Å². The average Bonchev–Trinajstić information content (AvgIpc) is 1.51. The molecule has 12 heteroatoms. The summed E-state index contributed by atoms with van der Waals surface area (Å²) in [5.41, 5.74) is 13.5. The number of benzene rings is 14. The Hall–Kier alpha value is -12.5. The number of halogens is 10. The summed E-state index contributed by atoms with van der Waals surface area (Å²) in [6, 6.07) is 88.3. The molecule has 105 heavy (non-hydrogen) atoms. The van der Waals surface area contributed by atoms with Gasteiger partial charge in [-0.25, -0.2) is 43.9 Å². The standard InChI is InChI=1S/C93H56F10N2/c1-3-52-31-33-54(34-32-52)51-92(81-84(96)88(100)91(103)89(101)85(81)97)72-28-16-13-24-64(72)67-44-40-59(48-75(67)92)105(57-21-9-6-10-22-57)61-42-46-69-66-26-15-18-30-74(66)93(77(69)50-61)73-29-17-14-25-65(73)68-45-41-60(49-76(68)93)104(56-19-7-5-8-20-56)58-39-43-63-62-23-11-12-27-70(62)79(71(63)47-58)78(55-37-35-53(4-2)36-38-55)80-82(94)86(98)90(102)87(99)83(80)95/h3-50,78-79H,1-2,51H2. The monoisotopic (exact) mass is 1390 g/mol. The minimum atomic E-state index is -2.26. The second kappa shape index (κ2) is 24.6. The maximum Gasteiger partial charge on any atom is 0.200 e. The Morgan fingerprint density at radius 3 is 1.16 bits per heavy atom. The lowest BCUT2D eigenvalue weighted by atomic mass is 9.68. The Balaban J connectivity index is 0.837. The molecule has 18 rings (SSSR count). The van der Waals surface area contributed by atoms with E-state index >= 15 is 43.9 Å². The van der Waals surface area contributed by atoms with Crippen LogP contribution in [-0.4, -0.2) is 0 Å². The largest absolute Gasteiger partial charge is 0.310 e. The van der Waals surface area contributed by atoms with Crippen LogP contribution in [-0.2, 0) is 17.3 Å². The van der Waals surface area contributed by atoms with E-state index in [0.29, 0.717) is 78.4 Å². The molecule has 14 aromatic carbocycles. The fraction of sp³-hybridized carbons (Fsp3) is 0.0538. The molecule has 0 N–H and O–H groups in total. The summed E-state index contributed by atoms with van der Waals surface area (Å²) in [6.07, 6.45) is 3.04. The summed E-state index contributed by atoms with van der Waals surface area (Å²) >= 11 is 0. The lowest BCUT2D eigenvalue weighted by Gasteiger charge is -2.35. The van der Waals surface area contributed by atoms with Crippen LogP contribution in [0.1, 0.15) is 89.7 Å². The number of para-hydroxylation sites is 2. The van der Waals surface area contributed by atoms with Crippen molar-refractivity contribution in [2.75, 3.05) is 9.80 Å². The first-order chi connectivity index (χ1) is 51.2. The van der Waals surface area contributed by atoms with Crippen LogP contribution in [0.25, 0.3) is 56.7 Å². The van der Waals surface area contributed by atoms with Crippen molar-refractivity contribution in [3.63, 3.8) is 0 Å². The SMILES string of the molecule is C=Cc1ccc(CC2(c3c(F)c(F)c(F)c(F)c3F)c3ccccc3-c3ccc(N(c4ccccc4)c4ccc5c(c4)C4(c6ccccc6-c6ccc(N(c7ccccc7)c7ccc8c(c7)C(C(c7ccc(C=C)cc7)c7c(F)c(F)c(F)c(F)c7F)c7ccccc7-8)cc64)c4ccccc4-5)cc32)cc1. The van der Waals surface area contributed by atoms with Crippen LogP contribution in [0.15, 0.2) is 292 Å². The van der Waals surface area contributed by atoms with Gasteiger partial charge in [-0.2, -0.15) is 0 Å². The third-order valence-corrected chi connectivity index (χ3v) is 22.0. The molecule has 508 valence electrons. The van der Waals surface area contributed by atoms with Crippen LogP contribution in [0, 0.1) is 58.2 Å². The summed E-state index contributed by atoms with van der Waals surface area (Å²) in [5.74, 6) is -22.8. The predicted octanol–water partition coefficient (Wildman–Crippen LogP) is 25.1. The molecule has 4 unspecified atom stereocenters. The molecule has 14 aromatic rings. The molecule has 0 amide bonds. The summed E-state index contributed by atoms with van der Waals surface area (Å²) in [7, 11) is 0. The van der Waals surface area contributed by atoms with Crippen LogP contribution in [0.4, 0.5) is 78.0 Å². The van der Waals surface area contributed by atoms with Crippen molar-refractivity contribution in [2.45, 2.75) is 29.1 Å². The van der Waals surface area contributed by atoms with Gasteiger partial charge < -0.3 is 9.80 Å². The van der Waals surface area contributed by atoms with E-state index in [4.69, 9.17) is 0 Å². The van der Waals surface area contributed by atoms with E-state index in [9.17, 15) is 0 Å². The van der Waals surface area contributed by atoms with Gasteiger partial charge >= 0.3 is 0 Å². The molecule has 0 heterocycles. The molecule has 0 aliphatic heterocycles. The average molecular weight is 1390 g/mol. The van der Waals surface area contributed by atoms with Crippen molar-refractivity contribution >= 4 is 46.3 Å². The van der Waals surface area contributed by atoms with E-state index in [0.717, 1.165) is 67.0 Å². The second-order valence-corrected chi connectivity index (χ2v) is 27.1. The number of hydrogen-bond donors (Lipinski definition) is 0. The zero-order chi connectivity index (χ0) is 71.9. The summed E-state index contributed by atoms with van der Waals surface area (Å²) in [6.45, 7) is 7.77. The number of anilines is 6. The molecular formula is C93H56F10N2. The summed E-state index contributed by atoms with van der Waals surface area (Å²) in [5, 5.41) is 0. The van der Waals surface area contributed by atoms with E-state index < -0.39 is 92.0 Å². The molecule has 2 nitrogen and oxygen atoms in total. The van der Waals surface area contributed by atoms with E-state index in [2.05, 4.69) is 72.7 Å². The minimum Gasteiger partial charge on any atom is -0.310 e. The van der Waals surface area contributed by atoms with Gasteiger partial charge in [-0.1, -0.05) is 232 Å². The third-order valence-electron chi connectivity index (χ3n) is 22.0. The van der Waals surface area contributed by atoms with Gasteiger partial charge in [0.2, 0.25) is 11.6 Å². The van der Waals surface area contributed by atoms with E-state index in [1.54, 1.807) is 91.0 Å². The topological polar surface area (TPSA) is 6.48 Å². The molecule has 0 saturated carbocycles. The lowest BCUT2D eigenvalue weighted by molar-refractivity contribution is 0.357. The van der Waals surface area contributed by atoms with Gasteiger partial charge in [0.1, 0.15) is 0 Å². The molecule has 0 saturated heterocycles. The van der Waals surface area contributed by atoms with E-state index in [1.165, 1.54) is 0 Å². The van der Waals surface area contributed by atoms with Crippen molar-refractivity contribution in [3.8, 4) is 44.5 Å². The first-order valence-corrected chi connectivity index (χ1v) is 34.3. The van der Waals surface area contributed by atoms with Crippen molar-refractivity contribution in [1.82, 2.24) is 0 Å². The molecule has 1 spiro atoms. The number of fused-ring (bicyclic) bond motifs is 16. The van der Waals surface area contributed by atoms with Crippen molar-refractivity contribution in [3.05, 3.63) is 428 Å². The Kier molecular flexibility index (Phi) is 15.1. The second-order valence-electron chi connectivity index (χ2n) is 27.1. The van der Waals surface area contributed by atoms with Crippen molar-refractivity contribution in [1.29, 1.82) is 0 Å². The Bertz CT molecular complexity index is 5900. The minimum absolute atomic E-state index is 0.207. The van der Waals surface area contributed by atoms with Gasteiger partial charge in [-0.15, -0.1) is 0 Å². The van der Waals surface area contributed by atoms with Crippen LogP contribution < -0.4 is 9.80 Å². The van der Waals surface area contributed by atoms with Gasteiger partial charge in [0.05, 0.1) is 10.8 Å². The fourth-order valence-electron chi connectivity index (χ4n) is 17.5. The van der Waals surface area contributed by atoms with Crippen molar-refractivity contribution in [2.24, 2.45) is 0 Å². The Morgan fingerprint density at radius 1 is 0.305 bits per heavy atom. The molecule has 0 fully saturated rings. The van der Waals surface area contributed by atoms with Gasteiger partial charge in [0, 0.05) is 57.1 Å². The third kappa shape index (κ3) is 9.44. The van der Waals surface area contributed by atoms with Crippen LogP contribution in [0.3, 0.4) is 0 Å². The number of rotatable bonds is 14. The van der Waals surface area contributed by atoms with Gasteiger partial charge in [0.15, 0.2) is 46.5 Å². The molecule has 4 aliphatic carbocycles. The molecule has 0 bridgehead atoms. The Morgan fingerprint density at radius 2 is 0.667 bits per heavy atom. The first-order valence-electron chi connectivity index (χ1n) is 34.3. The highest BCUT2D eigenvalue weighted by Crippen LogP contribution is 2.65. The van der Waals surface area contributed by atoms with Crippen LogP contribution in [0.2, 0.25) is 0 Å². The van der Waals surface area contributed by atoms with Gasteiger partial charge in [-0.05, 0) is 190 Å². The van der Waals surface area contributed by atoms with Crippen molar-refractivity contribution < 1.29 is 43.9 Å². The highest BCUT2D eigenvalue weighted by atomic mass is 19.2. The predicted molar refractivity (Wildman–Crippen MR) is 396 cm³/mol. The molecular weight excluding hydrogens is 1340 g/mol. The van der Waals surface area contributed by atoms with Gasteiger partial charge in [-0.3, -0.25) is 0 Å². The lowest BCUT2D eigenvalue weighted by Crippen LogP contribution is -2.34. The van der Waals surface area contributed by atoms with Crippen LogP contribution >= 0.6 is 0 Å². The summed E-state index contributed by atoms with van der Waals surface area (Å²) < 4.78 is 162. The maximum absolute atomic E-state index is 17.2. The number of hydrogen-bond acceptors (Lipinski definition) is 2. The molecule has 4 aliphatic rings. The fourth-order valence-corrected chi connectivity index (χ4v) is 17.5. The zero-order valence-corrected chi connectivity index (χ0v) is 55.7. The quantitative estimate of drug-likeness (QED) is 0.0608. The smallest absolute Gasteiger partial charge is 0.200 e. The highest BCUT2D eigenvalue weighted by molar-refractivity contribution is 5.98. The first kappa shape index (κ1) is 64.6. The molecule has 0 radical (unpaired) electrons.